The van der Waals surface area contributed by atoms with Crippen LogP contribution < -0.4 is 0 Å². The first-order valence-electron chi connectivity index (χ1n) is 9.20. The average Bonchev–Trinajstić information content (AvgIpc) is 2.31. The van der Waals surface area contributed by atoms with Crippen molar-refractivity contribution >= 4 is 16.6 Å². The number of aliphatic hydroxyl groups is 2. The number of hydrogen-bond acceptors (Lipinski definition) is 4. The molecule has 1 saturated carbocycles. The zero-order chi connectivity index (χ0) is 19.1. The van der Waals surface area contributed by atoms with Gasteiger partial charge in [0.05, 0.1) is 24.4 Å². The van der Waals surface area contributed by atoms with Gasteiger partial charge in [-0.1, -0.05) is 41.5 Å². The molecule has 1 aliphatic rings. The quantitative estimate of drug-likeness (QED) is 0.719. The first-order valence-corrected chi connectivity index (χ1v) is 15.0. The van der Waals surface area contributed by atoms with Crippen LogP contribution in [0.4, 0.5) is 0 Å². The zero-order valence-electron chi connectivity index (χ0n) is 17.4. The summed E-state index contributed by atoms with van der Waals surface area (Å²) in [6.07, 6.45) is -0.824. The third-order valence-electron chi connectivity index (χ3n) is 6.31. The maximum absolute atomic E-state index is 10.2. The van der Waals surface area contributed by atoms with E-state index in [0.29, 0.717) is 12.8 Å². The van der Waals surface area contributed by atoms with Crippen molar-refractivity contribution < 1.29 is 19.1 Å². The maximum atomic E-state index is 10.2. The molecule has 0 unspecified atom stereocenters. The summed E-state index contributed by atoms with van der Waals surface area (Å²) in [6.45, 7) is 22.2. The van der Waals surface area contributed by atoms with Crippen LogP contribution in [0.5, 0.6) is 0 Å². The minimum absolute atomic E-state index is 0.107. The Hall–Kier alpha value is 0.274. The Morgan fingerprint density at radius 3 is 1.12 bits per heavy atom. The van der Waals surface area contributed by atoms with E-state index < -0.39 is 28.8 Å². The summed E-state index contributed by atoms with van der Waals surface area (Å²) < 4.78 is 13.2. The number of hydrogen-bond donors (Lipinski definition) is 2. The molecule has 4 atom stereocenters. The van der Waals surface area contributed by atoms with Crippen LogP contribution in [0.25, 0.3) is 0 Å². The van der Waals surface area contributed by atoms with E-state index in [2.05, 4.69) is 67.7 Å². The third-order valence-corrected chi connectivity index (χ3v) is 15.3. The van der Waals surface area contributed by atoms with Crippen molar-refractivity contribution in [1.82, 2.24) is 0 Å². The molecule has 144 valence electrons. The molecule has 0 aliphatic heterocycles. The first-order chi connectivity index (χ1) is 10.5. The summed E-state index contributed by atoms with van der Waals surface area (Å²) in [5.74, 6) is 0. The van der Waals surface area contributed by atoms with Crippen LogP contribution in [0.1, 0.15) is 54.4 Å². The largest absolute Gasteiger partial charge is 0.411 e. The van der Waals surface area contributed by atoms with Gasteiger partial charge >= 0.3 is 0 Å². The van der Waals surface area contributed by atoms with Gasteiger partial charge in [0, 0.05) is 12.8 Å². The van der Waals surface area contributed by atoms with Crippen LogP contribution >= 0.6 is 0 Å². The molecule has 1 rings (SSSR count). The summed E-state index contributed by atoms with van der Waals surface area (Å²) in [5, 5.41) is 20.5. The second-order valence-corrected chi connectivity index (χ2v) is 20.0. The van der Waals surface area contributed by atoms with Crippen LogP contribution in [-0.2, 0) is 8.85 Å². The summed E-state index contributed by atoms with van der Waals surface area (Å²) in [5.41, 5.74) is 0. The van der Waals surface area contributed by atoms with Gasteiger partial charge in [-0.25, -0.2) is 0 Å². The Morgan fingerprint density at radius 1 is 0.667 bits per heavy atom. The fourth-order valence-corrected chi connectivity index (χ4v) is 5.17. The van der Waals surface area contributed by atoms with Gasteiger partial charge < -0.3 is 19.1 Å². The van der Waals surface area contributed by atoms with Crippen LogP contribution in [0.15, 0.2) is 0 Å². The third kappa shape index (κ3) is 5.14. The summed E-state index contributed by atoms with van der Waals surface area (Å²) in [7, 11) is -3.93. The molecule has 0 aromatic carbocycles. The Morgan fingerprint density at radius 2 is 0.917 bits per heavy atom. The van der Waals surface area contributed by atoms with Gasteiger partial charge in [0.1, 0.15) is 0 Å². The molecule has 24 heavy (non-hydrogen) atoms. The molecule has 2 N–H and O–H groups in total. The van der Waals surface area contributed by atoms with E-state index in [9.17, 15) is 10.2 Å². The normalized spacial score (nSPS) is 30.5. The highest BCUT2D eigenvalue weighted by Crippen LogP contribution is 2.42. The van der Waals surface area contributed by atoms with E-state index in [0.717, 1.165) is 0 Å². The van der Waals surface area contributed by atoms with Crippen molar-refractivity contribution in [3.63, 3.8) is 0 Å². The van der Waals surface area contributed by atoms with E-state index in [1.54, 1.807) is 0 Å². The highest BCUT2D eigenvalue weighted by molar-refractivity contribution is 6.74. The first kappa shape index (κ1) is 22.3. The molecule has 0 bridgehead atoms. The SMILES string of the molecule is CC(C)(C)[Si](C)(C)O[C@H]1C[C@H](O)[C@@H](O)C[C@@H]1O[Si](C)(C)C(C)(C)C. The predicted molar refractivity (Wildman–Crippen MR) is 105 cm³/mol. The molecule has 0 radical (unpaired) electrons. The van der Waals surface area contributed by atoms with Crippen molar-refractivity contribution in [3.05, 3.63) is 0 Å². The predicted octanol–water partition coefficient (Wildman–Crippen LogP) is 4.28. The summed E-state index contributed by atoms with van der Waals surface area (Å²) >= 11 is 0. The topological polar surface area (TPSA) is 58.9 Å². The van der Waals surface area contributed by atoms with Crippen LogP contribution in [0.2, 0.25) is 36.3 Å². The minimum Gasteiger partial charge on any atom is -0.411 e. The van der Waals surface area contributed by atoms with E-state index in [1.165, 1.54) is 0 Å². The Bertz CT molecular complexity index is 384. The van der Waals surface area contributed by atoms with E-state index in [4.69, 9.17) is 8.85 Å². The molecule has 0 saturated heterocycles. The van der Waals surface area contributed by atoms with Crippen molar-refractivity contribution in [1.29, 1.82) is 0 Å². The summed E-state index contributed by atoms with van der Waals surface area (Å²) in [4.78, 5) is 0. The fraction of sp³-hybridized carbons (Fsp3) is 1.00. The van der Waals surface area contributed by atoms with Crippen molar-refractivity contribution in [3.8, 4) is 0 Å². The van der Waals surface area contributed by atoms with Crippen molar-refractivity contribution in [2.75, 3.05) is 0 Å². The van der Waals surface area contributed by atoms with E-state index >= 15 is 0 Å². The van der Waals surface area contributed by atoms with Crippen molar-refractivity contribution in [2.45, 2.75) is 115 Å². The molecule has 0 aromatic heterocycles. The number of aliphatic hydroxyl groups excluding tert-OH is 2. The Balaban J connectivity index is 3.01. The van der Waals surface area contributed by atoms with Gasteiger partial charge in [-0.3, -0.25) is 0 Å². The average molecular weight is 377 g/mol. The molecular weight excluding hydrogens is 336 g/mol. The molecule has 0 aromatic rings. The molecule has 0 spiro atoms. The second kappa shape index (κ2) is 7.12. The maximum Gasteiger partial charge on any atom is 0.192 e. The minimum atomic E-state index is -1.96. The Labute approximate surface area is 151 Å². The lowest BCUT2D eigenvalue weighted by atomic mass is 9.90. The van der Waals surface area contributed by atoms with Gasteiger partial charge in [0.2, 0.25) is 0 Å². The van der Waals surface area contributed by atoms with Gasteiger partial charge in [0.25, 0.3) is 0 Å². The highest BCUT2D eigenvalue weighted by Gasteiger charge is 2.47. The van der Waals surface area contributed by atoms with Crippen LogP contribution in [0, 0.1) is 0 Å². The zero-order valence-corrected chi connectivity index (χ0v) is 19.4. The van der Waals surface area contributed by atoms with Crippen molar-refractivity contribution in [2.24, 2.45) is 0 Å². The number of rotatable bonds is 4. The van der Waals surface area contributed by atoms with Crippen LogP contribution in [-0.4, -0.2) is 51.3 Å². The van der Waals surface area contributed by atoms with E-state index in [1.807, 2.05) is 0 Å². The fourth-order valence-electron chi connectivity index (χ4n) is 2.45. The summed E-state index contributed by atoms with van der Waals surface area (Å²) in [6, 6.07) is 0. The molecule has 0 heterocycles. The van der Waals surface area contributed by atoms with E-state index in [-0.39, 0.29) is 22.3 Å². The smallest absolute Gasteiger partial charge is 0.192 e. The highest BCUT2D eigenvalue weighted by atomic mass is 28.4. The second-order valence-electron chi connectivity index (χ2n) is 10.4. The lowest BCUT2D eigenvalue weighted by Crippen LogP contribution is -2.56. The standard InChI is InChI=1S/C18H40O4Si2/c1-17(2,3)23(7,8)21-15-11-13(19)14(20)12-16(15)22-24(9,10)18(4,5)6/h13-16,19-20H,11-12H2,1-10H3/t13-,14-,15-,16-/m0/s1. The molecule has 6 heteroatoms. The lowest BCUT2D eigenvalue weighted by Gasteiger charge is -2.48. The van der Waals surface area contributed by atoms with Gasteiger partial charge in [0.15, 0.2) is 16.6 Å². The molecule has 0 amide bonds. The van der Waals surface area contributed by atoms with Crippen LogP contribution in [0.3, 0.4) is 0 Å². The van der Waals surface area contributed by atoms with Gasteiger partial charge in [-0.05, 0) is 36.3 Å². The molecule has 1 fully saturated rings. The Kier molecular flexibility index (Phi) is 6.62. The molecular formula is C18H40O4Si2. The monoisotopic (exact) mass is 376 g/mol. The lowest BCUT2D eigenvalue weighted by molar-refractivity contribution is -0.0981. The molecule has 4 nitrogen and oxygen atoms in total. The van der Waals surface area contributed by atoms with Gasteiger partial charge in [-0.2, -0.15) is 0 Å². The molecule has 1 aliphatic carbocycles. The van der Waals surface area contributed by atoms with Gasteiger partial charge in [-0.15, -0.1) is 0 Å².